The number of nitrogens with one attached hydrogen (secondary N) is 1. The monoisotopic (exact) mass is 375 g/mol. The molecule has 0 radical (unpaired) electrons. The second kappa shape index (κ2) is 6.93. The number of amides is 1. The number of rotatable bonds is 2. The van der Waals surface area contributed by atoms with Gasteiger partial charge in [-0.05, 0) is 32.1 Å². The lowest BCUT2D eigenvalue weighted by Gasteiger charge is -2.20. The fraction of sp³-hybridized carbons (Fsp3) is 0.409. The van der Waals surface area contributed by atoms with Gasteiger partial charge in [0.1, 0.15) is 0 Å². The Hall–Kier alpha value is -2.89. The molecule has 28 heavy (non-hydrogen) atoms. The van der Waals surface area contributed by atoms with E-state index in [2.05, 4.69) is 22.3 Å². The zero-order chi connectivity index (χ0) is 19.1. The van der Waals surface area contributed by atoms with Crippen molar-refractivity contribution in [1.29, 1.82) is 0 Å². The van der Waals surface area contributed by atoms with E-state index in [-0.39, 0.29) is 5.91 Å². The highest BCUT2D eigenvalue weighted by Gasteiger charge is 2.29. The molecule has 0 fully saturated rings. The maximum atomic E-state index is 13.2. The lowest BCUT2D eigenvalue weighted by atomic mass is 9.95. The van der Waals surface area contributed by atoms with Crippen LogP contribution in [0.2, 0.25) is 0 Å². The average Bonchev–Trinajstić information content (AvgIpc) is 3.21. The lowest BCUT2D eigenvalue weighted by molar-refractivity contribution is 0.0755. The summed E-state index contributed by atoms with van der Waals surface area (Å²) in [5.41, 5.74) is 7.63. The van der Waals surface area contributed by atoms with E-state index in [4.69, 9.17) is 5.10 Å². The number of benzene rings is 1. The summed E-state index contributed by atoms with van der Waals surface area (Å²) >= 11 is 0. The largest absolute Gasteiger partial charge is 0.337 e. The van der Waals surface area contributed by atoms with Crippen LogP contribution in [-0.2, 0) is 32.7 Å². The molecule has 2 aromatic heterocycles. The highest BCUT2D eigenvalue weighted by molar-refractivity contribution is 5.94. The molecule has 0 spiro atoms. The first kappa shape index (κ1) is 17.2. The average molecular weight is 375 g/mol. The Labute approximate surface area is 164 Å². The summed E-state index contributed by atoms with van der Waals surface area (Å²) in [6.07, 6.45) is 5.94. The van der Waals surface area contributed by atoms with E-state index in [0.29, 0.717) is 18.8 Å². The molecule has 1 aliphatic heterocycles. The number of carbonyl (C=O) groups is 1. The van der Waals surface area contributed by atoms with E-state index in [9.17, 15) is 4.79 Å². The second-order valence-corrected chi connectivity index (χ2v) is 7.79. The van der Waals surface area contributed by atoms with E-state index in [0.717, 1.165) is 54.6 Å². The van der Waals surface area contributed by atoms with Gasteiger partial charge in [0.05, 0.1) is 5.69 Å². The molecule has 0 saturated carbocycles. The molecule has 0 bridgehead atoms. The van der Waals surface area contributed by atoms with Gasteiger partial charge < -0.3 is 4.90 Å². The Bertz CT molecular complexity index is 1020. The first-order valence-electron chi connectivity index (χ1n) is 10.2. The third-order valence-corrected chi connectivity index (χ3v) is 6.12. The van der Waals surface area contributed by atoms with Gasteiger partial charge in [-0.25, -0.2) is 0 Å². The molecule has 6 heteroatoms. The van der Waals surface area contributed by atoms with Crippen molar-refractivity contribution in [3.05, 3.63) is 58.5 Å². The number of carbonyl (C=O) groups excluding carboxylic acids is 1. The summed E-state index contributed by atoms with van der Waals surface area (Å²) in [7, 11) is 2.01. The van der Waals surface area contributed by atoms with Gasteiger partial charge >= 0.3 is 0 Å². The summed E-state index contributed by atoms with van der Waals surface area (Å²) < 4.78 is 1.99. The normalized spacial score (nSPS) is 16.4. The van der Waals surface area contributed by atoms with Crippen LogP contribution < -0.4 is 0 Å². The van der Waals surface area contributed by atoms with Crippen LogP contribution in [0.3, 0.4) is 0 Å². The van der Waals surface area contributed by atoms with Gasteiger partial charge in [-0.3, -0.25) is 14.6 Å². The van der Waals surface area contributed by atoms with Gasteiger partial charge in [0.25, 0.3) is 5.91 Å². The topological polar surface area (TPSA) is 66.8 Å². The van der Waals surface area contributed by atoms with Gasteiger partial charge in [-0.15, -0.1) is 0 Å². The van der Waals surface area contributed by atoms with Crippen LogP contribution in [0.5, 0.6) is 0 Å². The standard InChI is InChI=1S/C22H25N5O/c1-26-19-12-14-27(22(28)21-16-9-5-6-10-18(16)23-24-21)13-11-17(19)20(25-26)15-7-3-2-4-8-15/h2-4,7-8H,5-6,9-14H2,1H3,(H,23,24). The predicted octanol–water partition coefficient (Wildman–Crippen LogP) is 2.93. The second-order valence-electron chi connectivity index (χ2n) is 7.79. The fourth-order valence-electron chi connectivity index (χ4n) is 4.62. The Morgan fingerprint density at radius 1 is 1.00 bits per heavy atom. The molecule has 1 aliphatic carbocycles. The van der Waals surface area contributed by atoms with Gasteiger partial charge in [0.2, 0.25) is 0 Å². The zero-order valence-corrected chi connectivity index (χ0v) is 16.2. The van der Waals surface area contributed by atoms with Crippen LogP contribution in [-0.4, -0.2) is 43.9 Å². The van der Waals surface area contributed by atoms with E-state index in [1.54, 1.807) is 0 Å². The molecule has 6 nitrogen and oxygen atoms in total. The molecule has 3 aromatic rings. The zero-order valence-electron chi connectivity index (χ0n) is 16.2. The van der Waals surface area contributed by atoms with Gasteiger partial charge in [0.15, 0.2) is 5.69 Å². The maximum Gasteiger partial charge on any atom is 0.274 e. The van der Waals surface area contributed by atoms with Crippen LogP contribution in [0, 0.1) is 0 Å². The van der Waals surface area contributed by atoms with Crippen molar-refractivity contribution in [1.82, 2.24) is 24.9 Å². The van der Waals surface area contributed by atoms with E-state index >= 15 is 0 Å². The molecule has 3 heterocycles. The molecule has 5 rings (SSSR count). The number of H-pyrrole nitrogens is 1. The maximum absolute atomic E-state index is 13.2. The van der Waals surface area contributed by atoms with Crippen molar-refractivity contribution in [2.24, 2.45) is 7.05 Å². The summed E-state index contributed by atoms with van der Waals surface area (Å²) in [5.74, 6) is 0.0708. The van der Waals surface area contributed by atoms with Gasteiger partial charge in [-0.2, -0.15) is 10.2 Å². The van der Waals surface area contributed by atoms with E-state index < -0.39 is 0 Å². The molecule has 1 aromatic carbocycles. The van der Waals surface area contributed by atoms with Crippen molar-refractivity contribution in [2.75, 3.05) is 13.1 Å². The number of hydrogen-bond donors (Lipinski definition) is 1. The molecule has 2 aliphatic rings. The number of fused-ring (bicyclic) bond motifs is 2. The third kappa shape index (κ3) is 2.84. The quantitative estimate of drug-likeness (QED) is 0.749. The Kier molecular flexibility index (Phi) is 4.26. The highest BCUT2D eigenvalue weighted by atomic mass is 16.2. The minimum atomic E-state index is 0.0708. The first-order valence-corrected chi connectivity index (χ1v) is 10.2. The number of nitrogens with zero attached hydrogens (tertiary/aromatic N) is 4. The van der Waals surface area contributed by atoms with Crippen molar-refractivity contribution in [3.63, 3.8) is 0 Å². The molecule has 0 atom stereocenters. The first-order chi connectivity index (χ1) is 13.7. The Balaban J connectivity index is 1.41. The summed E-state index contributed by atoms with van der Waals surface area (Å²) in [6.45, 7) is 1.42. The molecule has 0 saturated heterocycles. The molecular weight excluding hydrogens is 350 g/mol. The van der Waals surface area contributed by atoms with Gasteiger partial charge in [0, 0.05) is 54.6 Å². The highest BCUT2D eigenvalue weighted by Crippen LogP contribution is 2.29. The number of aromatic nitrogens is 4. The molecule has 1 N–H and O–H groups in total. The van der Waals surface area contributed by atoms with Crippen LogP contribution in [0.15, 0.2) is 30.3 Å². The van der Waals surface area contributed by atoms with E-state index in [1.807, 2.05) is 34.8 Å². The number of aromatic amines is 1. The van der Waals surface area contributed by atoms with E-state index in [1.165, 1.54) is 17.7 Å². The van der Waals surface area contributed by atoms with Crippen LogP contribution in [0.4, 0.5) is 0 Å². The van der Waals surface area contributed by atoms with Crippen LogP contribution >= 0.6 is 0 Å². The SMILES string of the molecule is Cn1nc(-c2ccccc2)c2c1CCN(C(=O)c1n[nH]c3c1CCCC3)CC2. The van der Waals surface area contributed by atoms with Gasteiger partial charge in [-0.1, -0.05) is 30.3 Å². The fourth-order valence-corrected chi connectivity index (χ4v) is 4.62. The Morgan fingerprint density at radius 3 is 2.64 bits per heavy atom. The number of aryl methyl sites for hydroxylation is 2. The lowest BCUT2D eigenvalue weighted by Crippen LogP contribution is -2.34. The van der Waals surface area contributed by atoms with Crippen molar-refractivity contribution in [3.8, 4) is 11.3 Å². The molecule has 0 unspecified atom stereocenters. The minimum Gasteiger partial charge on any atom is -0.337 e. The minimum absolute atomic E-state index is 0.0708. The molecule has 1 amide bonds. The summed E-state index contributed by atoms with van der Waals surface area (Å²) in [4.78, 5) is 15.2. The summed E-state index contributed by atoms with van der Waals surface area (Å²) in [6, 6.07) is 10.3. The van der Waals surface area contributed by atoms with Crippen molar-refractivity contribution < 1.29 is 4.79 Å². The van der Waals surface area contributed by atoms with Crippen molar-refractivity contribution in [2.45, 2.75) is 38.5 Å². The van der Waals surface area contributed by atoms with Crippen LogP contribution in [0.1, 0.15) is 45.8 Å². The smallest absolute Gasteiger partial charge is 0.274 e. The van der Waals surface area contributed by atoms with Crippen LogP contribution in [0.25, 0.3) is 11.3 Å². The number of hydrogen-bond acceptors (Lipinski definition) is 3. The van der Waals surface area contributed by atoms with Crippen molar-refractivity contribution >= 4 is 5.91 Å². The predicted molar refractivity (Wildman–Crippen MR) is 107 cm³/mol. The third-order valence-electron chi connectivity index (χ3n) is 6.12. The molecular formula is C22H25N5O. The molecule has 144 valence electrons. The Morgan fingerprint density at radius 2 is 1.79 bits per heavy atom. The summed E-state index contributed by atoms with van der Waals surface area (Å²) in [5, 5.41) is 12.3.